The number of rotatable bonds is 9. The smallest absolute Gasteiger partial charge is 0.215 e. The van der Waals surface area contributed by atoms with Gasteiger partial charge in [-0.05, 0) is 100 Å². The van der Waals surface area contributed by atoms with Crippen molar-refractivity contribution < 1.29 is 9.13 Å². The topological polar surface area (TPSA) is 9.23 Å². The van der Waals surface area contributed by atoms with Crippen molar-refractivity contribution in [2.24, 2.45) is 35.5 Å². The fourth-order valence-electron chi connectivity index (χ4n) is 5.75. The average Bonchev–Trinajstić information content (AvgIpc) is 3.52. The maximum absolute atomic E-state index is 16.8. The first-order chi connectivity index (χ1) is 12.4. The van der Waals surface area contributed by atoms with E-state index < -0.39 is 10.7 Å². The second-order valence-electron chi connectivity index (χ2n) is 9.98. The molecule has 4 atom stereocenters. The van der Waals surface area contributed by atoms with Crippen LogP contribution < -0.4 is 0 Å². The van der Waals surface area contributed by atoms with Crippen molar-refractivity contribution in [1.29, 1.82) is 0 Å². The zero-order chi connectivity index (χ0) is 18.5. The highest BCUT2D eigenvalue weighted by molar-refractivity contribution is 6.24. The molecule has 4 saturated carbocycles. The number of hydrogen-bond acceptors (Lipinski definition) is 1. The maximum atomic E-state index is 16.8. The minimum absolute atomic E-state index is 0.123. The molecule has 1 nitrogen and oxygen atoms in total. The molecule has 0 amide bonds. The molecule has 4 rings (SSSR count). The summed E-state index contributed by atoms with van der Waals surface area (Å²) < 4.78 is 23.7. The van der Waals surface area contributed by atoms with E-state index in [-0.39, 0.29) is 23.9 Å². The van der Waals surface area contributed by atoms with Crippen molar-refractivity contribution in [2.75, 3.05) is 0 Å². The summed E-state index contributed by atoms with van der Waals surface area (Å²) in [5, 5.41) is -1.76. The SMILES string of the molecule is CC(C1CC1)C(F)(Cl)C(OC1CC[CH]CC1)(C(C)C1CC1)C(C)C1CC1. The van der Waals surface area contributed by atoms with Gasteiger partial charge in [-0.1, -0.05) is 32.4 Å². The zero-order valence-corrected chi connectivity index (χ0v) is 17.6. The summed E-state index contributed by atoms with van der Waals surface area (Å²) >= 11 is 7.00. The molecule has 0 bridgehead atoms. The first-order valence-corrected chi connectivity index (χ1v) is 11.6. The Kier molecular flexibility index (Phi) is 5.41. The normalized spacial score (nSPS) is 33.1. The second-order valence-corrected chi connectivity index (χ2v) is 10.5. The van der Waals surface area contributed by atoms with E-state index >= 15 is 4.39 Å². The van der Waals surface area contributed by atoms with Crippen LogP contribution in [0.15, 0.2) is 0 Å². The quantitative estimate of drug-likeness (QED) is 0.392. The highest BCUT2D eigenvalue weighted by Gasteiger charge is 2.67. The van der Waals surface area contributed by atoms with Crippen LogP contribution in [-0.4, -0.2) is 16.8 Å². The van der Waals surface area contributed by atoms with E-state index in [0.29, 0.717) is 17.8 Å². The molecule has 4 unspecified atom stereocenters. The van der Waals surface area contributed by atoms with Crippen molar-refractivity contribution in [2.45, 2.75) is 102 Å². The lowest BCUT2D eigenvalue weighted by Gasteiger charge is -2.54. The Balaban J connectivity index is 1.70. The maximum Gasteiger partial charge on any atom is 0.215 e. The Morgan fingerprint density at radius 1 is 0.808 bits per heavy atom. The van der Waals surface area contributed by atoms with Crippen LogP contribution in [0, 0.1) is 41.9 Å². The lowest BCUT2D eigenvalue weighted by molar-refractivity contribution is -0.228. The molecule has 0 aromatic carbocycles. The minimum atomic E-state index is -1.76. The van der Waals surface area contributed by atoms with Crippen LogP contribution in [0.5, 0.6) is 0 Å². The average molecular weight is 384 g/mol. The Labute approximate surface area is 164 Å². The van der Waals surface area contributed by atoms with Crippen molar-refractivity contribution in [1.82, 2.24) is 0 Å². The lowest BCUT2D eigenvalue weighted by Crippen LogP contribution is -2.63. The van der Waals surface area contributed by atoms with Crippen molar-refractivity contribution in [3.8, 4) is 0 Å². The van der Waals surface area contributed by atoms with Gasteiger partial charge in [-0.3, -0.25) is 0 Å². The van der Waals surface area contributed by atoms with Crippen LogP contribution in [0.3, 0.4) is 0 Å². The van der Waals surface area contributed by atoms with E-state index in [1.165, 1.54) is 25.7 Å². The zero-order valence-electron chi connectivity index (χ0n) is 16.9. The summed E-state index contributed by atoms with van der Waals surface area (Å²) in [5.41, 5.74) is -0.832. The third kappa shape index (κ3) is 3.47. The molecule has 0 N–H and O–H groups in total. The number of hydrogen-bond donors (Lipinski definition) is 0. The first kappa shape index (κ1) is 19.5. The summed E-state index contributed by atoms with van der Waals surface area (Å²) in [5.74, 6) is 1.90. The van der Waals surface area contributed by atoms with Gasteiger partial charge in [0.2, 0.25) is 5.13 Å². The fraction of sp³-hybridized carbons (Fsp3) is 0.957. The minimum Gasteiger partial charge on any atom is -0.366 e. The number of alkyl halides is 2. The van der Waals surface area contributed by atoms with E-state index in [4.69, 9.17) is 16.3 Å². The standard InChI is InChI=1S/C23H37ClFO/c1-15(18-9-10-18)22(16(2)19-11-12-19,26-21-7-5-4-6-8-21)23(24,25)17(3)20-13-14-20/h4,15-21H,5-14H2,1-3H3. The van der Waals surface area contributed by atoms with Crippen LogP contribution in [0.1, 0.15) is 85.0 Å². The molecule has 4 aliphatic rings. The molecule has 0 heterocycles. The van der Waals surface area contributed by atoms with Gasteiger partial charge in [-0.25, -0.2) is 4.39 Å². The lowest BCUT2D eigenvalue weighted by atomic mass is 9.66. The van der Waals surface area contributed by atoms with Gasteiger partial charge < -0.3 is 4.74 Å². The molecule has 0 saturated heterocycles. The first-order valence-electron chi connectivity index (χ1n) is 11.2. The summed E-state index contributed by atoms with van der Waals surface area (Å²) in [6, 6.07) is 0. The Morgan fingerprint density at radius 3 is 1.65 bits per heavy atom. The molecule has 26 heavy (non-hydrogen) atoms. The monoisotopic (exact) mass is 383 g/mol. The van der Waals surface area contributed by atoms with E-state index in [1.54, 1.807) is 0 Å². The third-order valence-electron chi connectivity index (χ3n) is 8.18. The Bertz CT molecular complexity index is 470. The molecule has 0 aliphatic heterocycles. The summed E-state index contributed by atoms with van der Waals surface area (Å²) in [7, 11) is 0. The largest absolute Gasteiger partial charge is 0.366 e. The van der Waals surface area contributed by atoms with Gasteiger partial charge in [-0.15, -0.1) is 0 Å². The molecule has 4 fully saturated rings. The fourth-order valence-corrected chi connectivity index (χ4v) is 6.31. The molecule has 0 spiro atoms. The van der Waals surface area contributed by atoms with Crippen LogP contribution in [-0.2, 0) is 4.74 Å². The van der Waals surface area contributed by atoms with Crippen LogP contribution in [0.4, 0.5) is 4.39 Å². The second kappa shape index (κ2) is 7.21. The molecule has 1 radical (unpaired) electrons. The molecule has 4 aliphatic carbocycles. The Hall–Kier alpha value is 0.180. The third-order valence-corrected chi connectivity index (χ3v) is 8.82. The van der Waals surface area contributed by atoms with Crippen LogP contribution >= 0.6 is 11.6 Å². The van der Waals surface area contributed by atoms with Gasteiger partial charge in [0.05, 0.1) is 6.10 Å². The molecule has 0 aromatic rings. The van der Waals surface area contributed by atoms with E-state index in [0.717, 1.165) is 38.5 Å². The number of halogens is 2. The summed E-state index contributed by atoms with van der Waals surface area (Å²) in [4.78, 5) is 0. The van der Waals surface area contributed by atoms with Crippen LogP contribution in [0.25, 0.3) is 0 Å². The molecule has 3 heteroatoms. The van der Waals surface area contributed by atoms with Crippen molar-refractivity contribution in [3.63, 3.8) is 0 Å². The molecular weight excluding hydrogens is 347 g/mol. The van der Waals surface area contributed by atoms with E-state index in [2.05, 4.69) is 27.2 Å². The van der Waals surface area contributed by atoms with Gasteiger partial charge in [0.15, 0.2) is 0 Å². The summed E-state index contributed by atoms with van der Waals surface area (Å²) in [6.45, 7) is 6.56. The predicted octanol–water partition coefficient (Wildman–Crippen LogP) is 6.93. The predicted molar refractivity (Wildman–Crippen MR) is 106 cm³/mol. The van der Waals surface area contributed by atoms with Gasteiger partial charge in [0.1, 0.15) is 5.60 Å². The highest BCUT2D eigenvalue weighted by Crippen LogP contribution is 2.62. The van der Waals surface area contributed by atoms with Gasteiger partial charge in [0, 0.05) is 5.92 Å². The molecule has 0 aromatic heterocycles. The van der Waals surface area contributed by atoms with Crippen molar-refractivity contribution >= 4 is 11.6 Å². The van der Waals surface area contributed by atoms with Gasteiger partial charge in [0.25, 0.3) is 0 Å². The van der Waals surface area contributed by atoms with Gasteiger partial charge in [-0.2, -0.15) is 0 Å². The van der Waals surface area contributed by atoms with Gasteiger partial charge >= 0.3 is 0 Å². The summed E-state index contributed by atoms with van der Waals surface area (Å²) in [6.07, 6.45) is 13.9. The Morgan fingerprint density at radius 2 is 1.23 bits per heavy atom. The molecule has 149 valence electrons. The highest BCUT2D eigenvalue weighted by atomic mass is 35.5. The van der Waals surface area contributed by atoms with E-state index in [1.807, 2.05) is 0 Å². The van der Waals surface area contributed by atoms with Crippen molar-refractivity contribution in [3.05, 3.63) is 6.42 Å². The molecular formula is C23H37ClFO. The number of ether oxygens (including phenoxy) is 1. The van der Waals surface area contributed by atoms with E-state index in [9.17, 15) is 0 Å². The van der Waals surface area contributed by atoms with Crippen LogP contribution in [0.2, 0.25) is 0 Å².